The third-order valence-corrected chi connectivity index (χ3v) is 1.34. The molecule has 0 rings (SSSR count). The lowest BCUT2D eigenvalue weighted by Crippen LogP contribution is -2.34. The fourth-order valence-corrected chi connectivity index (χ4v) is 0.670. The molecule has 0 aromatic heterocycles. The van der Waals surface area contributed by atoms with E-state index < -0.39 is 24.0 Å². The van der Waals surface area contributed by atoms with Crippen LogP contribution >= 0.6 is 0 Å². The molecule has 0 aliphatic rings. The maximum Gasteiger partial charge on any atom is 0.320 e. The highest BCUT2D eigenvalue weighted by atomic mass is 16.4. The van der Waals surface area contributed by atoms with Crippen molar-refractivity contribution in [2.24, 2.45) is 5.92 Å². The molecular formula is C6H10O5. The van der Waals surface area contributed by atoms with E-state index in [9.17, 15) is 9.59 Å². The standard InChI is InChI=1S/C6H10O5/c1-2-3(7)4(5(8)9)6(10)11/h3-4,7H,2H2,1H3,(H,8,9)(H,10,11). The number of carboxylic acid groups (broad SMARTS) is 2. The van der Waals surface area contributed by atoms with E-state index in [2.05, 4.69) is 0 Å². The van der Waals surface area contributed by atoms with Crippen molar-refractivity contribution in [3.8, 4) is 0 Å². The van der Waals surface area contributed by atoms with Crippen molar-refractivity contribution in [1.29, 1.82) is 0 Å². The van der Waals surface area contributed by atoms with Crippen LogP contribution in [0.2, 0.25) is 0 Å². The minimum Gasteiger partial charge on any atom is -0.481 e. The zero-order valence-corrected chi connectivity index (χ0v) is 6.02. The fourth-order valence-electron chi connectivity index (χ4n) is 0.670. The van der Waals surface area contributed by atoms with Crippen molar-refractivity contribution in [1.82, 2.24) is 0 Å². The highest BCUT2D eigenvalue weighted by molar-refractivity contribution is 5.93. The van der Waals surface area contributed by atoms with Crippen molar-refractivity contribution < 1.29 is 24.9 Å². The van der Waals surface area contributed by atoms with E-state index in [-0.39, 0.29) is 6.42 Å². The van der Waals surface area contributed by atoms with E-state index >= 15 is 0 Å². The van der Waals surface area contributed by atoms with E-state index in [0.29, 0.717) is 0 Å². The maximum absolute atomic E-state index is 10.2. The number of aliphatic carboxylic acids is 2. The molecule has 0 aliphatic carbocycles. The van der Waals surface area contributed by atoms with E-state index in [0.717, 1.165) is 0 Å². The van der Waals surface area contributed by atoms with Crippen molar-refractivity contribution in [2.45, 2.75) is 19.4 Å². The topological polar surface area (TPSA) is 94.8 Å². The number of hydrogen-bond acceptors (Lipinski definition) is 3. The molecule has 0 aromatic rings. The lowest BCUT2D eigenvalue weighted by Gasteiger charge is -2.11. The molecular weight excluding hydrogens is 152 g/mol. The largest absolute Gasteiger partial charge is 0.481 e. The summed E-state index contributed by atoms with van der Waals surface area (Å²) in [6.07, 6.45) is -1.20. The highest BCUT2D eigenvalue weighted by Gasteiger charge is 2.32. The van der Waals surface area contributed by atoms with E-state index in [1.165, 1.54) is 6.92 Å². The Bertz CT molecular complexity index is 150. The summed E-state index contributed by atoms with van der Waals surface area (Å²) in [5.41, 5.74) is 0. The zero-order chi connectivity index (χ0) is 9.02. The Morgan fingerprint density at radius 2 is 1.64 bits per heavy atom. The molecule has 0 saturated heterocycles. The Labute approximate surface area is 63.3 Å². The van der Waals surface area contributed by atoms with E-state index in [1.54, 1.807) is 0 Å². The maximum atomic E-state index is 10.2. The summed E-state index contributed by atoms with van der Waals surface area (Å²) in [6, 6.07) is 0. The Morgan fingerprint density at radius 1 is 1.27 bits per heavy atom. The predicted octanol–water partition coefficient (Wildman–Crippen LogP) is -0.457. The Hall–Kier alpha value is -1.10. The van der Waals surface area contributed by atoms with Crippen molar-refractivity contribution in [3.63, 3.8) is 0 Å². The molecule has 0 bridgehead atoms. The smallest absolute Gasteiger partial charge is 0.320 e. The second-order valence-electron chi connectivity index (χ2n) is 2.13. The van der Waals surface area contributed by atoms with Gasteiger partial charge < -0.3 is 15.3 Å². The van der Waals surface area contributed by atoms with Gasteiger partial charge in [-0.25, -0.2) is 0 Å². The van der Waals surface area contributed by atoms with Gasteiger partial charge in [-0.1, -0.05) is 6.92 Å². The first-order chi connectivity index (χ1) is 5.00. The summed E-state index contributed by atoms with van der Waals surface area (Å²) >= 11 is 0. The summed E-state index contributed by atoms with van der Waals surface area (Å²) in [7, 11) is 0. The summed E-state index contributed by atoms with van der Waals surface area (Å²) in [5.74, 6) is -4.72. The molecule has 64 valence electrons. The van der Waals surface area contributed by atoms with E-state index in [4.69, 9.17) is 15.3 Å². The second kappa shape index (κ2) is 3.92. The monoisotopic (exact) mass is 162 g/mol. The van der Waals surface area contributed by atoms with Gasteiger partial charge in [0.15, 0.2) is 5.92 Å². The molecule has 3 N–H and O–H groups in total. The number of rotatable bonds is 4. The molecule has 5 nitrogen and oxygen atoms in total. The molecule has 0 heterocycles. The number of hydrogen-bond donors (Lipinski definition) is 3. The molecule has 0 radical (unpaired) electrons. The van der Waals surface area contributed by atoms with Crippen LogP contribution in [-0.4, -0.2) is 33.4 Å². The zero-order valence-electron chi connectivity index (χ0n) is 6.02. The molecule has 0 aliphatic heterocycles. The average molecular weight is 162 g/mol. The van der Waals surface area contributed by atoms with Gasteiger partial charge in [0.2, 0.25) is 0 Å². The van der Waals surface area contributed by atoms with E-state index in [1.807, 2.05) is 0 Å². The summed E-state index contributed by atoms with van der Waals surface area (Å²) in [6.45, 7) is 1.52. The van der Waals surface area contributed by atoms with Crippen LogP contribution in [0.1, 0.15) is 13.3 Å². The molecule has 0 amide bonds. The first-order valence-electron chi connectivity index (χ1n) is 3.14. The van der Waals surface area contributed by atoms with Crippen molar-refractivity contribution in [2.75, 3.05) is 0 Å². The number of aliphatic hydroxyl groups is 1. The van der Waals surface area contributed by atoms with Gasteiger partial charge >= 0.3 is 11.9 Å². The number of carbonyl (C=O) groups is 2. The van der Waals surface area contributed by atoms with Crippen LogP contribution in [0.5, 0.6) is 0 Å². The van der Waals surface area contributed by atoms with Crippen LogP contribution in [0.4, 0.5) is 0 Å². The fraction of sp³-hybridized carbons (Fsp3) is 0.667. The average Bonchev–Trinajstić information content (AvgIpc) is 1.85. The van der Waals surface area contributed by atoms with Crippen LogP contribution in [0.25, 0.3) is 0 Å². The molecule has 0 spiro atoms. The molecule has 0 fully saturated rings. The minimum absolute atomic E-state index is 0.114. The van der Waals surface area contributed by atoms with Gasteiger partial charge in [0.05, 0.1) is 6.10 Å². The van der Waals surface area contributed by atoms with Crippen molar-refractivity contribution >= 4 is 11.9 Å². The molecule has 5 heteroatoms. The molecule has 0 saturated carbocycles. The predicted molar refractivity (Wildman–Crippen MR) is 35.1 cm³/mol. The Balaban J connectivity index is 4.34. The van der Waals surface area contributed by atoms with Crippen LogP contribution in [0, 0.1) is 5.92 Å². The SMILES string of the molecule is CCC(O)C(C(=O)O)C(=O)O. The van der Waals surface area contributed by atoms with Crippen LogP contribution in [-0.2, 0) is 9.59 Å². The second-order valence-corrected chi connectivity index (χ2v) is 2.13. The minimum atomic E-state index is -1.71. The lowest BCUT2D eigenvalue weighted by molar-refractivity contribution is -0.159. The third-order valence-electron chi connectivity index (χ3n) is 1.34. The third kappa shape index (κ3) is 2.55. The molecule has 11 heavy (non-hydrogen) atoms. The summed E-state index contributed by atoms with van der Waals surface area (Å²) < 4.78 is 0. The van der Waals surface area contributed by atoms with Crippen molar-refractivity contribution in [3.05, 3.63) is 0 Å². The molecule has 0 aromatic carbocycles. The van der Waals surface area contributed by atoms with Gasteiger partial charge in [-0.05, 0) is 6.42 Å². The molecule has 1 atom stereocenters. The van der Waals surface area contributed by atoms with Crippen LogP contribution < -0.4 is 0 Å². The Morgan fingerprint density at radius 3 is 1.73 bits per heavy atom. The van der Waals surface area contributed by atoms with Gasteiger partial charge in [0.25, 0.3) is 0 Å². The summed E-state index contributed by atoms with van der Waals surface area (Å²) in [4.78, 5) is 20.4. The molecule has 1 unspecified atom stereocenters. The lowest BCUT2D eigenvalue weighted by atomic mass is 10.0. The van der Waals surface area contributed by atoms with Gasteiger partial charge in [-0.3, -0.25) is 9.59 Å². The van der Waals surface area contributed by atoms with Crippen LogP contribution in [0.3, 0.4) is 0 Å². The van der Waals surface area contributed by atoms with Crippen LogP contribution in [0.15, 0.2) is 0 Å². The van der Waals surface area contributed by atoms with Gasteiger partial charge in [0.1, 0.15) is 0 Å². The van der Waals surface area contributed by atoms with Gasteiger partial charge in [0, 0.05) is 0 Å². The quantitative estimate of drug-likeness (QED) is 0.486. The van der Waals surface area contributed by atoms with Gasteiger partial charge in [-0.2, -0.15) is 0 Å². The highest BCUT2D eigenvalue weighted by Crippen LogP contribution is 2.07. The number of aliphatic hydroxyl groups excluding tert-OH is 1. The first-order valence-corrected chi connectivity index (χ1v) is 3.14. The normalized spacial score (nSPS) is 13.0. The Kier molecular flexibility index (Phi) is 3.53. The summed E-state index contributed by atoms with van der Waals surface area (Å²) in [5, 5.41) is 25.5. The van der Waals surface area contributed by atoms with Gasteiger partial charge in [-0.15, -0.1) is 0 Å². The first kappa shape index (κ1) is 9.90. The number of carboxylic acids is 2.